The molecular formula is C12H16F2N2OS. The van der Waals surface area contributed by atoms with Gasteiger partial charge in [0.15, 0.2) is 5.11 Å². The topological polar surface area (TPSA) is 33.3 Å². The lowest BCUT2D eigenvalue weighted by atomic mass is 10.3. The molecule has 0 aromatic heterocycles. The van der Waals surface area contributed by atoms with Crippen molar-refractivity contribution in [3.05, 3.63) is 29.8 Å². The summed E-state index contributed by atoms with van der Waals surface area (Å²) in [5.41, 5.74) is 0.0253. The van der Waals surface area contributed by atoms with Crippen molar-refractivity contribution in [1.29, 1.82) is 0 Å². The van der Waals surface area contributed by atoms with Gasteiger partial charge in [0.05, 0.1) is 5.69 Å². The Kier molecular flexibility index (Phi) is 6.53. The highest BCUT2D eigenvalue weighted by molar-refractivity contribution is 7.80. The molecule has 0 radical (unpaired) electrons. The molecule has 3 nitrogen and oxygen atoms in total. The van der Waals surface area contributed by atoms with Gasteiger partial charge in [0.1, 0.15) is 11.6 Å². The Labute approximate surface area is 111 Å². The molecule has 18 heavy (non-hydrogen) atoms. The van der Waals surface area contributed by atoms with E-state index in [-0.39, 0.29) is 10.8 Å². The van der Waals surface area contributed by atoms with Crippen LogP contribution in [0, 0.1) is 11.6 Å². The molecule has 0 unspecified atom stereocenters. The van der Waals surface area contributed by atoms with Crippen LogP contribution in [-0.2, 0) is 4.74 Å². The molecule has 6 heteroatoms. The summed E-state index contributed by atoms with van der Waals surface area (Å²) in [7, 11) is 0. The largest absolute Gasteiger partial charge is 0.382 e. The minimum Gasteiger partial charge on any atom is -0.382 e. The Morgan fingerprint density at radius 2 is 2.17 bits per heavy atom. The first kappa shape index (κ1) is 14.8. The van der Waals surface area contributed by atoms with Crippen LogP contribution in [-0.4, -0.2) is 24.9 Å². The number of benzene rings is 1. The molecule has 0 aliphatic carbocycles. The average molecular weight is 274 g/mol. The van der Waals surface area contributed by atoms with Gasteiger partial charge in [0, 0.05) is 25.8 Å². The first-order chi connectivity index (χ1) is 8.63. The normalized spacial score (nSPS) is 10.2. The molecule has 0 saturated carbocycles. The van der Waals surface area contributed by atoms with E-state index in [0.29, 0.717) is 19.8 Å². The van der Waals surface area contributed by atoms with E-state index >= 15 is 0 Å². The van der Waals surface area contributed by atoms with Crippen LogP contribution in [0.1, 0.15) is 13.3 Å². The molecule has 1 aromatic rings. The first-order valence-electron chi connectivity index (χ1n) is 5.71. The van der Waals surface area contributed by atoms with E-state index in [0.717, 1.165) is 24.6 Å². The van der Waals surface area contributed by atoms with Crippen molar-refractivity contribution in [3.63, 3.8) is 0 Å². The lowest BCUT2D eigenvalue weighted by molar-refractivity contribution is 0.146. The van der Waals surface area contributed by atoms with E-state index in [2.05, 4.69) is 10.6 Å². The second-order valence-corrected chi connectivity index (χ2v) is 3.96. The highest BCUT2D eigenvalue weighted by Gasteiger charge is 2.05. The van der Waals surface area contributed by atoms with E-state index < -0.39 is 11.6 Å². The highest BCUT2D eigenvalue weighted by Crippen LogP contribution is 2.14. The van der Waals surface area contributed by atoms with Crippen LogP contribution >= 0.6 is 12.2 Å². The molecule has 0 spiro atoms. The van der Waals surface area contributed by atoms with Crippen LogP contribution in [0.3, 0.4) is 0 Å². The number of nitrogens with one attached hydrogen (secondary N) is 2. The summed E-state index contributed by atoms with van der Waals surface area (Å²) in [6.45, 7) is 3.85. The number of ether oxygens (including phenoxy) is 1. The number of halogens is 2. The third-order valence-corrected chi connectivity index (χ3v) is 2.38. The second-order valence-electron chi connectivity index (χ2n) is 3.56. The second kappa shape index (κ2) is 7.94. The molecule has 1 rings (SSSR count). The molecule has 0 heterocycles. The predicted octanol–water partition coefficient (Wildman–Crippen LogP) is 2.68. The van der Waals surface area contributed by atoms with Gasteiger partial charge in [-0.25, -0.2) is 8.78 Å². The number of rotatable bonds is 6. The zero-order valence-corrected chi connectivity index (χ0v) is 10.9. The van der Waals surface area contributed by atoms with Crippen LogP contribution < -0.4 is 10.6 Å². The highest BCUT2D eigenvalue weighted by atomic mass is 32.1. The summed E-state index contributed by atoms with van der Waals surface area (Å²) in [5, 5.41) is 5.75. The third kappa shape index (κ3) is 5.37. The van der Waals surface area contributed by atoms with Gasteiger partial charge in [0.2, 0.25) is 0 Å². The third-order valence-electron chi connectivity index (χ3n) is 2.13. The monoisotopic (exact) mass is 274 g/mol. The van der Waals surface area contributed by atoms with Gasteiger partial charge in [-0.3, -0.25) is 0 Å². The smallest absolute Gasteiger partial charge is 0.170 e. The quantitative estimate of drug-likeness (QED) is 0.617. The Morgan fingerprint density at radius 3 is 2.89 bits per heavy atom. The average Bonchev–Trinajstić information content (AvgIpc) is 2.33. The minimum absolute atomic E-state index is 0.0253. The molecule has 2 N–H and O–H groups in total. The molecule has 0 bridgehead atoms. The fraction of sp³-hybridized carbons (Fsp3) is 0.417. The predicted molar refractivity (Wildman–Crippen MR) is 71.7 cm³/mol. The van der Waals surface area contributed by atoms with Gasteiger partial charge < -0.3 is 15.4 Å². The standard InChI is InChI=1S/C12H16F2N2OS/c1-2-17-7-3-6-15-12(18)16-11-8-9(13)4-5-10(11)14/h4-5,8H,2-3,6-7H2,1H3,(H2,15,16,18). The summed E-state index contributed by atoms with van der Waals surface area (Å²) < 4.78 is 31.3. The van der Waals surface area contributed by atoms with Gasteiger partial charge in [-0.1, -0.05) is 0 Å². The van der Waals surface area contributed by atoms with Crippen molar-refractivity contribution >= 4 is 23.0 Å². The van der Waals surface area contributed by atoms with E-state index in [1.54, 1.807) is 0 Å². The van der Waals surface area contributed by atoms with Gasteiger partial charge in [-0.05, 0) is 37.7 Å². The van der Waals surface area contributed by atoms with E-state index in [4.69, 9.17) is 17.0 Å². The minimum atomic E-state index is -0.546. The number of thiocarbonyl (C=S) groups is 1. The summed E-state index contributed by atoms with van der Waals surface area (Å²) in [5.74, 6) is -1.06. The Bertz CT molecular complexity index is 402. The Balaban J connectivity index is 2.33. The number of anilines is 1. The summed E-state index contributed by atoms with van der Waals surface area (Å²) in [6.07, 6.45) is 0.793. The molecule has 0 atom stereocenters. The molecule has 1 aromatic carbocycles. The van der Waals surface area contributed by atoms with Gasteiger partial charge in [0.25, 0.3) is 0 Å². The fourth-order valence-electron chi connectivity index (χ4n) is 1.28. The van der Waals surface area contributed by atoms with Crippen LogP contribution in [0.2, 0.25) is 0 Å². The van der Waals surface area contributed by atoms with E-state index in [1.165, 1.54) is 0 Å². The van der Waals surface area contributed by atoms with Crippen molar-refractivity contribution < 1.29 is 13.5 Å². The maximum atomic E-state index is 13.3. The SMILES string of the molecule is CCOCCCNC(=S)Nc1cc(F)ccc1F. The van der Waals surface area contributed by atoms with Gasteiger partial charge >= 0.3 is 0 Å². The van der Waals surface area contributed by atoms with E-state index in [1.807, 2.05) is 6.92 Å². The lowest BCUT2D eigenvalue weighted by Crippen LogP contribution is -2.30. The molecule has 0 aliphatic rings. The van der Waals surface area contributed by atoms with Crippen LogP contribution in [0.15, 0.2) is 18.2 Å². The molecule has 0 amide bonds. The van der Waals surface area contributed by atoms with Crippen molar-refractivity contribution in [3.8, 4) is 0 Å². The number of hydrogen-bond acceptors (Lipinski definition) is 2. The zero-order valence-electron chi connectivity index (χ0n) is 10.1. The fourth-order valence-corrected chi connectivity index (χ4v) is 1.49. The Morgan fingerprint density at radius 1 is 1.39 bits per heavy atom. The van der Waals surface area contributed by atoms with E-state index in [9.17, 15) is 8.78 Å². The lowest BCUT2D eigenvalue weighted by Gasteiger charge is -2.11. The molecule has 0 saturated heterocycles. The summed E-state index contributed by atoms with van der Waals surface area (Å²) >= 11 is 4.96. The van der Waals surface area contributed by atoms with Crippen molar-refractivity contribution in [2.75, 3.05) is 25.1 Å². The summed E-state index contributed by atoms with van der Waals surface area (Å²) in [6, 6.07) is 3.16. The van der Waals surface area contributed by atoms with Crippen molar-refractivity contribution in [2.45, 2.75) is 13.3 Å². The maximum Gasteiger partial charge on any atom is 0.170 e. The summed E-state index contributed by atoms with van der Waals surface area (Å²) in [4.78, 5) is 0. The maximum absolute atomic E-state index is 13.3. The van der Waals surface area contributed by atoms with Crippen molar-refractivity contribution in [2.24, 2.45) is 0 Å². The van der Waals surface area contributed by atoms with Crippen LogP contribution in [0.5, 0.6) is 0 Å². The zero-order chi connectivity index (χ0) is 13.4. The van der Waals surface area contributed by atoms with Crippen molar-refractivity contribution in [1.82, 2.24) is 5.32 Å². The molecule has 0 fully saturated rings. The molecular weight excluding hydrogens is 258 g/mol. The van der Waals surface area contributed by atoms with Crippen LogP contribution in [0.4, 0.5) is 14.5 Å². The molecule has 0 aliphatic heterocycles. The van der Waals surface area contributed by atoms with Gasteiger partial charge in [-0.15, -0.1) is 0 Å². The van der Waals surface area contributed by atoms with Gasteiger partial charge in [-0.2, -0.15) is 0 Å². The number of hydrogen-bond donors (Lipinski definition) is 2. The first-order valence-corrected chi connectivity index (χ1v) is 6.12. The Hall–Kier alpha value is -1.27. The van der Waals surface area contributed by atoms with Crippen LogP contribution in [0.25, 0.3) is 0 Å². The molecule has 100 valence electrons.